The van der Waals surface area contributed by atoms with Crippen molar-refractivity contribution in [3.8, 4) is 0 Å². The number of carbonyl (C=O) groups excluding carboxylic acids is 1. The molecule has 0 saturated carbocycles. The molecular formula is C21H25N3O3S3. The number of nitrogens with zero attached hydrogens (tertiary/aromatic N) is 3. The largest absolute Gasteiger partial charge is 0.317 e. The van der Waals surface area contributed by atoms with E-state index in [1.807, 2.05) is 6.92 Å². The summed E-state index contributed by atoms with van der Waals surface area (Å²) < 4.78 is 30.6. The number of amides is 1. The van der Waals surface area contributed by atoms with E-state index >= 15 is 0 Å². The minimum absolute atomic E-state index is 0.192. The Morgan fingerprint density at radius 1 is 1.27 bits per heavy atom. The van der Waals surface area contributed by atoms with E-state index in [4.69, 9.17) is 0 Å². The molecule has 3 aromatic rings. The third kappa shape index (κ3) is 3.91. The number of fused-ring (bicyclic) bond motifs is 1. The van der Waals surface area contributed by atoms with Gasteiger partial charge in [0.25, 0.3) is 15.9 Å². The van der Waals surface area contributed by atoms with Gasteiger partial charge < -0.3 is 4.57 Å². The molecule has 1 aromatic carbocycles. The fourth-order valence-corrected chi connectivity index (χ4v) is 7.65. The number of rotatable bonds is 4. The molecule has 1 aliphatic heterocycles. The molecule has 0 N–H and O–H groups in total. The monoisotopic (exact) mass is 463 g/mol. The molecule has 0 radical (unpaired) electrons. The quantitative estimate of drug-likeness (QED) is 0.589. The van der Waals surface area contributed by atoms with Crippen molar-refractivity contribution in [2.24, 2.45) is 10.9 Å². The number of thiazole rings is 1. The molecule has 3 heterocycles. The number of hydrogen-bond acceptors (Lipinski definition) is 5. The maximum atomic E-state index is 13.0. The van der Waals surface area contributed by atoms with E-state index < -0.39 is 15.9 Å². The minimum atomic E-state index is -3.55. The highest BCUT2D eigenvalue weighted by Crippen LogP contribution is 2.27. The van der Waals surface area contributed by atoms with Crippen LogP contribution in [0.5, 0.6) is 0 Å². The smallest absolute Gasteiger partial charge is 0.252 e. The number of sulfonamides is 1. The van der Waals surface area contributed by atoms with Gasteiger partial charge in [-0.3, -0.25) is 4.79 Å². The van der Waals surface area contributed by atoms with Crippen molar-refractivity contribution >= 4 is 48.8 Å². The highest BCUT2D eigenvalue weighted by molar-refractivity contribution is 7.91. The predicted molar refractivity (Wildman–Crippen MR) is 121 cm³/mol. The Hall–Kier alpha value is -1.81. The van der Waals surface area contributed by atoms with Crippen LogP contribution in [0.1, 0.15) is 30.9 Å². The van der Waals surface area contributed by atoms with Gasteiger partial charge in [-0.15, -0.1) is 11.3 Å². The lowest BCUT2D eigenvalue weighted by atomic mass is 9.99. The third-order valence-corrected chi connectivity index (χ3v) is 9.92. The molecule has 30 heavy (non-hydrogen) atoms. The van der Waals surface area contributed by atoms with E-state index in [9.17, 15) is 13.2 Å². The van der Waals surface area contributed by atoms with Gasteiger partial charge in [-0.25, -0.2) is 8.42 Å². The van der Waals surface area contributed by atoms with Gasteiger partial charge in [0.1, 0.15) is 4.21 Å². The fourth-order valence-electron chi connectivity index (χ4n) is 3.80. The molecule has 0 bridgehead atoms. The first kappa shape index (κ1) is 21.4. The number of benzene rings is 1. The Kier molecular flexibility index (Phi) is 5.98. The Bertz CT molecular complexity index is 1250. The van der Waals surface area contributed by atoms with Crippen molar-refractivity contribution in [1.82, 2.24) is 8.87 Å². The molecule has 1 unspecified atom stereocenters. The van der Waals surface area contributed by atoms with Crippen LogP contribution in [-0.2, 0) is 21.4 Å². The normalized spacial score (nSPS) is 18.9. The molecule has 0 spiro atoms. The first-order chi connectivity index (χ1) is 14.3. The van der Waals surface area contributed by atoms with Gasteiger partial charge in [0.15, 0.2) is 4.80 Å². The summed E-state index contributed by atoms with van der Waals surface area (Å²) in [4.78, 5) is 18.1. The minimum Gasteiger partial charge on any atom is -0.317 e. The SMILES string of the molecule is CCn1c(=NC(=O)C2CCCN(S(=O)(=O)c3cccs3)C2)sc2cc(C)c(C)cc21. The third-order valence-electron chi connectivity index (χ3n) is 5.64. The molecular weight excluding hydrogens is 438 g/mol. The fraction of sp³-hybridized carbons (Fsp3) is 0.429. The summed E-state index contributed by atoms with van der Waals surface area (Å²) >= 11 is 2.72. The highest BCUT2D eigenvalue weighted by Gasteiger charge is 2.33. The average molecular weight is 464 g/mol. The van der Waals surface area contributed by atoms with Gasteiger partial charge in [0, 0.05) is 19.6 Å². The zero-order valence-corrected chi connectivity index (χ0v) is 19.7. The lowest BCUT2D eigenvalue weighted by Gasteiger charge is -2.29. The molecule has 0 aliphatic carbocycles. The maximum absolute atomic E-state index is 13.0. The lowest BCUT2D eigenvalue weighted by molar-refractivity contribution is -0.122. The first-order valence-electron chi connectivity index (χ1n) is 10.0. The van der Waals surface area contributed by atoms with Crippen molar-refractivity contribution in [2.45, 2.75) is 44.4 Å². The summed E-state index contributed by atoms with van der Waals surface area (Å²) in [6.07, 6.45) is 1.32. The van der Waals surface area contributed by atoms with Crippen LogP contribution in [0.4, 0.5) is 0 Å². The number of thiophene rings is 1. The van der Waals surface area contributed by atoms with Crippen LogP contribution in [0.15, 0.2) is 38.8 Å². The van der Waals surface area contributed by atoms with Gasteiger partial charge in [-0.05, 0) is 68.3 Å². The molecule has 160 valence electrons. The van der Waals surface area contributed by atoms with Crippen molar-refractivity contribution in [2.75, 3.05) is 13.1 Å². The lowest BCUT2D eigenvalue weighted by Crippen LogP contribution is -2.42. The molecule has 1 atom stereocenters. The van der Waals surface area contributed by atoms with Crippen LogP contribution in [-0.4, -0.2) is 36.3 Å². The van der Waals surface area contributed by atoms with Crippen LogP contribution >= 0.6 is 22.7 Å². The van der Waals surface area contributed by atoms with Crippen molar-refractivity contribution in [1.29, 1.82) is 0 Å². The van der Waals surface area contributed by atoms with E-state index in [1.54, 1.807) is 17.5 Å². The Morgan fingerprint density at radius 3 is 2.73 bits per heavy atom. The van der Waals surface area contributed by atoms with Crippen LogP contribution < -0.4 is 4.80 Å². The van der Waals surface area contributed by atoms with Crippen LogP contribution in [0, 0.1) is 19.8 Å². The number of aryl methyl sites for hydroxylation is 3. The molecule has 1 fully saturated rings. The second kappa shape index (κ2) is 8.37. The Labute approximate surface area is 184 Å². The summed E-state index contributed by atoms with van der Waals surface area (Å²) in [5, 5.41) is 1.75. The second-order valence-corrected chi connectivity index (χ2v) is 11.7. The highest BCUT2D eigenvalue weighted by atomic mass is 32.2. The molecule has 6 nitrogen and oxygen atoms in total. The van der Waals surface area contributed by atoms with Gasteiger partial charge in [0.2, 0.25) is 0 Å². The molecule has 4 rings (SSSR count). The Morgan fingerprint density at radius 2 is 2.03 bits per heavy atom. The van der Waals surface area contributed by atoms with Crippen LogP contribution in [0.3, 0.4) is 0 Å². The van der Waals surface area contributed by atoms with Gasteiger partial charge in [-0.2, -0.15) is 9.30 Å². The number of aromatic nitrogens is 1. The molecule has 9 heteroatoms. The second-order valence-electron chi connectivity index (χ2n) is 7.62. The summed E-state index contributed by atoms with van der Waals surface area (Å²) in [6.45, 7) is 7.56. The van der Waals surface area contributed by atoms with Crippen molar-refractivity contribution < 1.29 is 13.2 Å². The summed E-state index contributed by atoms with van der Waals surface area (Å²) in [6, 6.07) is 7.63. The van der Waals surface area contributed by atoms with Crippen LogP contribution in [0.2, 0.25) is 0 Å². The Balaban J connectivity index is 1.64. The van der Waals surface area contributed by atoms with E-state index in [0.717, 1.165) is 16.8 Å². The molecule has 1 amide bonds. The van der Waals surface area contributed by atoms with E-state index in [2.05, 4.69) is 35.5 Å². The van der Waals surface area contributed by atoms with E-state index in [0.29, 0.717) is 28.4 Å². The van der Waals surface area contributed by atoms with Gasteiger partial charge in [-0.1, -0.05) is 17.4 Å². The zero-order valence-electron chi connectivity index (χ0n) is 17.3. The summed E-state index contributed by atoms with van der Waals surface area (Å²) in [5.74, 6) is -0.643. The number of hydrogen-bond donors (Lipinski definition) is 0. The average Bonchev–Trinajstić information content (AvgIpc) is 3.37. The van der Waals surface area contributed by atoms with Crippen LogP contribution in [0.25, 0.3) is 10.2 Å². The van der Waals surface area contributed by atoms with Gasteiger partial charge in [0.05, 0.1) is 16.1 Å². The summed E-state index contributed by atoms with van der Waals surface area (Å²) in [7, 11) is -3.55. The van der Waals surface area contributed by atoms with Crippen molar-refractivity contribution in [3.05, 3.63) is 45.6 Å². The van der Waals surface area contributed by atoms with E-state index in [-0.39, 0.29) is 12.5 Å². The van der Waals surface area contributed by atoms with E-state index in [1.165, 1.54) is 38.1 Å². The predicted octanol–water partition coefficient (Wildman–Crippen LogP) is 3.93. The molecule has 1 saturated heterocycles. The maximum Gasteiger partial charge on any atom is 0.252 e. The summed E-state index contributed by atoms with van der Waals surface area (Å²) in [5.41, 5.74) is 3.51. The number of piperidine rings is 1. The first-order valence-corrected chi connectivity index (χ1v) is 13.2. The molecule has 2 aromatic heterocycles. The standard InChI is InChI=1S/C21H25N3O3S3/c1-4-24-17-11-14(2)15(3)12-18(17)29-21(24)22-20(25)16-7-5-9-23(13-16)30(26,27)19-8-6-10-28-19/h6,8,10-12,16H,4-5,7,9,13H2,1-3H3. The molecule has 1 aliphatic rings. The topological polar surface area (TPSA) is 71.7 Å². The number of carbonyl (C=O) groups is 1. The van der Waals surface area contributed by atoms with Crippen molar-refractivity contribution in [3.63, 3.8) is 0 Å². The zero-order chi connectivity index (χ0) is 21.5. The van der Waals surface area contributed by atoms with Gasteiger partial charge >= 0.3 is 0 Å².